The quantitative estimate of drug-likeness (QED) is 0.608. The van der Waals surface area contributed by atoms with Gasteiger partial charge in [-0.15, -0.1) is 0 Å². The van der Waals surface area contributed by atoms with Crippen molar-refractivity contribution in [3.63, 3.8) is 0 Å². The average molecular weight is 355 g/mol. The third kappa shape index (κ3) is 2.74. The number of pyridine rings is 1. The molecule has 0 saturated carbocycles. The number of aromatic nitrogens is 4. The minimum Gasteiger partial charge on any atom is -0.361 e. The Morgan fingerprint density at radius 3 is 2.68 bits per heavy atom. The zero-order valence-electron chi connectivity index (χ0n) is 13.7. The van der Waals surface area contributed by atoms with Crippen LogP contribution in [0.25, 0.3) is 22.3 Å². The Bertz CT molecular complexity index is 1100. The Balaban J connectivity index is 1.84. The molecule has 0 fully saturated rings. The van der Waals surface area contributed by atoms with Crippen molar-refractivity contribution in [3.05, 3.63) is 69.1 Å². The van der Waals surface area contributed by atoms with E-state index in [2.05, 4.69) is 15.1 Å². The van der Waals surface area contributed by atoms with Crippen molar-refractivity contribution >= 4 is 22.8 Å². The number of fused-ring (bicyclic) bond motifs is 1. The number of imidazole rings is 1. The Morgan fingerprint density at radius 1 is 1.24 bits per heavy atom. The first-order chi connectivity index (χ1) is 12.0. The van der Waals surface area contributed by atoms with Gasteiger partial charge in [-0.1, -0.05) is 28.9 Å². The van der Waals surface area contributed by atoms with E-state index in [0.29, 0.717) is 17.2 Å². The van der Waals surface area contributed by atoms with Gasteiger partial charge in [0.1, 0.15) is 5.76 Å². The maximum Gasteiger partial charge on any atom is 0.327 e. The van der Waals surface area contributed by atoms with Gasteiger partial charge in [-0.05, 0) is 37.6 Å². The van der Waals surface area contributed by atoms with Gasteiger partial charge in [-0.25, -0.2) is 9.78 Å². The van der Waals surface area contributed by atoms with Gasteiger partial charge in [-0.2, -0.15) is 0 Å². The summed E-state index contributed by atoms with van der Waals surface area (Å²) >= 11 is 5.93. The van der Waals surface area contributed by atoms with Gasteiger partial charge in [0.2, 0.25) is 0 Å². The van der Waals surface area contributed by atoms with Crippen LogP contribution in [0.4, 0.5) is 0 Å². The van der Waals surface area contributed by atoms with Crippen molar-refractivity contribution in [1.82, 2.24) is 19.7 Å². The van der Waals surface area contributed by atoms with Gasteiger partial charge in [-0.3, -0.25) is 9.55 Å². The summed E-state index contributed by atoms with van der Waals surface area (Å²) in [6.07, 6.45) is 1.72. The topological polar surface area (TPSA) is 76.7 Å². The van der Waals surface area contributed by atoms with Crippen molar-refractivity contribution in [2.24, 2.45) is 0 Å². The molecule has 7 heteroatoms. The molecule has 0 aliphatic heterocycles. The van der Waals surface area contributed by atoms with E-state index in [9.17, 15) is 4.79 Å². The minimum absolute atomic E-state index is 0.201. The second-order valence-corrected chi connectivity index (χ2v) is 6.37. The summed E-state index contributed by atoms with van der Waals surface area (Å²) in [7, 11) is 0. The lowest BCUT2D eigenvalue weighted by atomic mass is 10.1. The lowest BCUT2D eigenvalue weighted by molar-refractivity contribution is 0.393. The maximum absolute atomic E-state index is 12.4. The van der Waals surface area contributed by atoms with Crippen LogP contribution >= 0.6 is 11.6 Å². The molecule has 126 valence electrons. The van der Waals surface area contributed by atoms with Crippen molar-refractivity contribution < 1.29 is 4.52 Å². The molecule has 0 aliphatic rings. The van der Waals surface area contributed by atoms with Crippen molar-refractivity contribution in [2.75, 3.05) is 0 Å². The molecule has 4 rings (SSSR count). The smallest absolute Gasteiger partial charge is 0.327 e. The molecule has 0 spiro atoms. The lowest BCUT2D eigenvalue weighted by Crippen LogP contribution is -2.17. The van der Waals surface area contributed by atoms with Gasteiger partial charge in [0.25, 0.3) is 0 Å². The molecule has 1 aromatic carbocycles. The Kier molecular flexibility index (Phi) is 3.69. The van der Waals surface area contributed by atoms with E-state index in [1.807, 2.05) is 44.2 Å². The number of aromatic amines is 1. The number of hydrogen-bond acceptors (Lipinski definition) is 4. The van der Waals surface area contributed by atoms with E-state index in [-0.39, 0.29) is 5.69 Å². The molecule has 0 radical (unpaired) electrons. The number of halogens is 1. The number of rotatable bonds is 3. The third-order valence-electron chi connectivity index (χ3n) is 4.20. The largest absolute Gasteiger partial charge is 0.361 e. The summed E-state index contributed by atoms with van der Waals surface area (Å²) in [5, 5.41) is 4.65. The molecule has 25 heavy (non-hydrogen) atoms. The minimum atomic E-state index is -0.201. The molecule has 6 nitrogen and oxygen atoms in total. The Labute approximate surface area is 148 Å². The Morgan fingerprint density at radius 2 is 2.00 bits per heavy atom. The van der Waals surface area contributed by atoms with Crippen molar-refractivity contribution in [2.45, 2.75) is 20.4 Å². The van der Waals surface area contributed by atoms with Crippen LogP contribution in [0.1, 0.15) is 17.0 Å². The van der Waals surface area contributed by atoms with Crippen LogP contribution < -0.4 is 5.69 Å². The predicted molar refractivity (Wildman–Crippen MR) is 95.9 cm³/mol. The molecule has 3 heterocycles. The van der Waals surface area contributed by atoms with Crippen LogP contribution in [0.15, 0.2) is 45.8 Å². The van der Waals surface area contributed by atoms with Gasteiger partial charge in [0, 0.05) is 22.3 Å². The molecule has 0 atom stereocenters. The highest BCUT2D eigenvalue weighted by Crippen LogP contribution is 2.28. The van der Waals surface area contributed by atoms with E-state index in [1.165, 1.54) is 0 Å². The highest BCUT2D eigenvalue weighted by molar-refractivity contribution is 6.30. The molecule has 0 bridgehead atoms. The van der Waals surface area contributed by atoms with E-state index in [0.717, 1.165) is 33.7 Å². The third-order valence-corrected chi connectivity index (χ3v) is 4.46. The standard InChI is InChI=1S/C18H15ClN4O2/c1-10-16(11(2)25-22-10)13-7-15-17(20-8-13)21-18(24)23(15)9-12-3-5-14(19)6-4-12/h3-8H,9H2,1-2H3,(H,20,21,24). The molecule has 0 aliphatic carbocycles. The molecule has 0 saturated heterocycles. The zero-order valence-corrected chi connectivity index (χ0v) is 14.5. The number of hydrogen-bond donors (Lipinski definition) is 1. The second kappa shape index (κ2) is 5.89. The summed E-state index contributed by atoms with van der Waals surface area (Å²) in [6, 6.07) is 9.36. The normalized spacial score (nSPS) is 11.3. The number of aryl methyl sites for hydroxylation is 2. The second-order valence-electron chi connectivity index (χ2n) is 5.93. The fourth-order valence-electron chi connectivity index (χ4n) is 2.99. The zero-order chi connectivity index (χ0) is 17.6. The van der Waals surface area contributed by atoms with Crippen LogP contribution in [0, 0.1) is 13.8 Å². The van der Waals surface area contributed by atoms with Crippen LogP contribution in [-0.2, 0) is 6.54 Å². The summed E-state index contributed by atoms with van der Waals surface area (Å²) in [5.41, 5.74) is 4.63. The van der Waals surface area contributed by atoms with Gasteiger partial charge in [0.15, 0.2) is 5.65 Å². The summed E-state index contributed by atoms with van der Waals surface area (Å²) in [4.78, 5) is 19.5. The first-order valence-electron chi connectivity index (χ1n) is 7.79. The molecular weight excluding hydrogens is 340 g/mol. The molecule has 0 amide bonds. The van der Waals surface area contributed by atoms with Crippen LogP contribution in [-0.4, -0.2) is 19.7 Å². The van der Waals surface area contributed by atoms with E-state index in [4.69, 9.17) is 16.1 Å². The molecular formula is C18H15ClN4O2. The van der Waals surface area contributed by atoms with Gasteiger partial charge < -0.3 is 4.52 Å². The maximum atomic E-state index is 12.4. The van der Waals surface area contributed by atoms with Crippen LogP contribution in [0.3, 0.4) is 0 Å². The summed E-state index contributed by atoms with van der Waals surface area (Å²) in [5.74, 6) is 0.723. The van der Waals surface area contributed by atoms with Crippen molar-refractivity contribution in [3.8, 4) is 11.1 Å². The SMILES string of the molecule is Cc1noc(C)c1-c1cnc2[nH]c(=O)n(Cc3ccc(Cl)cc3)c2c1. The Hall–Kier alpha value is -2.86. The number of benzene rings is 1. The molecule has 0 unspecified atom stereocenters. The van der Waals surface area contributed by atoms with Gasteiger partial charge in [0.05, 0.1) is 17.8 Å². The molecule has 3 aromatic heterocycles. The van der Waals surface area contributed by atoms with E-state index < -0.39 is 0 Å². The van der Waals surface area contributed by atoms with E-state index >= 15 is 0 Å². The fraction of sp³-hybridized carbons (Fsp3) is 0.167. The first kappa shape index (κ1) is 15.7. The highest BCUT2D eigenvalue weighted by atomic mass is 35.5. The predicted octanol–water partition coefficient (Wildman–Crippen LogP) is 3.70. The average Bonchev–Trinajstić information content (AvgIpc) is 3.09. The summed E-state index contributed by atoms with van der Waals surface area (Å²) in [6.45, 7) is 4.17. The first-order valence-corrected chi connectivity index (χ1v) is 8.17. The molecule has 4 aromatic rings. The van der Waals surface area contributed by atoms with Crippen molar-refractivity contribution in [1.29, 1.82) is 0 Å². The fourth-order valence-corrected chi connectivity index (χ4v) is 3.12. The number of nitrogens with one attached hydrogen (secondary N) is 1. The summed E-state index contributed by atoms with van der Waals surface area (Å²) < 4.78 is 6.90. The number of nitrogens with zero attached hydrogens (tertiary/aromatic N) is 3. The number of H-pyrrole nitrogens is 1. The highest BCUT2D eigenvalue weighted by Gasteiger charge is 2.15. The van der Waals surface area contributed by atoms with E-state index in [1.54, 1.807) is 10.8 Å². The van der Waals surface area contributed by atoms with Crippen LogP contribution in [0.2, 0.25) is 5.02 Å². The van der Waals surface area contributed by atoms with Gasteiger partial charge >= 0.3 is 5.69 Å². The monoisotopic (exact) mass is 354 g/mol. The van der Waals surface area contributed by atoms with Crippen LogP contribution in [0.5, 0.6) is 0 Å². The molecule has 1 N–H and O–H groups in total. The lowest BCUT2D eigenvalue weighted by Gasteiger charge is -2.05.